The molecule has 1 fully saturated rings. The second-order valence-corrected chi connectivity index (χ2v) is 5.52. The van der Waals surface area contributed by atoms with E-state index < -0.39 is 0 Å². The maximum atomic E-state index is 12.1. The predicted molar refractivity (Wildman–Crippen MR) is 79.3 cm³/mol. The molecule has 1 aliphatic carbocycles. The number of rotatable bonds is 4. The van der Waals surface area contributed by atoms with E-state index in [4.69, 9.17) is 0 Å². The van der Waals surface area contributed by atoms with Crippen molar-refractivity contribution in [2.24, 2.45) is 0 Å². The molecule has 3 nitrogen and oxygen atoms in total. The van der Waals surface area contributed by atoms with E-state index in [1.54, 1.807) is 0 Å². The van der Waals surface area contributed by atoms with Crippen molar-refractivity contribution < 1.29 is 4.79 Å². The largest absolute Gasteiger partial charge is 0.376 e. The lowest BCUT2D eigenvalue weighted by molar-refractivity contribution is -0.130. The Morgan fingerprint density at radius 1 is 1.21 bits per heavy atom. The van der Waals surface area contributed by atoms with Gasteiger partial charge >= 0.3 is 0 Å². The van der Waals surface area contributed by atoms with Gasteiger partial charge in [0.2, 0.25) is 5.91 Å². The summed E-state index contributed by atoms with van der Waals surface area (Å²) < 4.78 is 0. The third-order valence-electron chi connectivity index (χ3n) is 4.01. The SMILES string of the molecule is Cc1ccc(NCC(=O)N(C)C2CCCCC2)cc1. The molecular weight excluding hydrogens is 236 g/mol. The van der Waals surface area contributed by atoms with Crippen LogP contribution in [0, 0.1) is 6.92 Å². The number of carbonyl (C=O) groups is 1. The standard InChI is InChI=1S/C16H24N2O/c1-13-8-10-14(11-9-13)17-12-16(19)18(2)15-6-4-3-5-7-15/h8-11,15,17H,3-7,12H2,1-2H3. The molecule has 1 N–H and O–H groups in total. The molecule has 0 heterocycles. The minimum Gasteiger partial charge on any atom is -0.376 e. The van der Waals surface area contributed by atoms with E-state index in [1.807, 2.05) is 24.1 Å². The Morgan fingerprint density at radius 2 is 1.84 bits per heavy atom. The molecule has 1 aromatic carbocycles. The highest BCUT2D eigenvalue weighted by Gasteiger charge is 2.21. The summed E-state index contributed by atoms with van der Waals surface area (Å²) in [5, 5.41) is 3.20. The summed E-state index contributed by atoms with van der Waals surface area (Å²) in [6.45, 7) is 2.45. The van der Waals surface area contributed by atoms with Crippen molar-refractivity contribution in [2.75, 3.05) is 18.9 Å². The van der Waals surface area contributed by atoms with Gasteiger partial charge in [-0.25, -0.2) is 0 Å². The van der Waals surface area contributed by atoms with E-state index in [0.29, 0.717) is 12.6 Å². The Labute approximate surface area is 116 Å². The first-order valence-corrected chi connectivity index (χ1v) is 7.23. The highest BCUT2D eigenvalue weighted by atomic mass is 16.2. The third kappa shape index (κ3) is 3.98. The van der Waals surface area contributed by atoms with Crippen molar-refractivity contribution in [1.29, 1.82) is 0 Å². The lowest BCUT2D eigenvalue weighted by Gasteiger charge is -2.31. The maximum Gasteiger partial charge on any atom is 0.241 e. The molecule has 0 aromatic heterocycles. The first kappa shape index (κ1) is 13.9. The predicted octanol–water partition coefficient (Wildman–Crippen LogP) is 3.20. The molecule has 2 rings (SSSR count). The summed E-state index contributed by atoms with van der Waals surface area (Å²) in [5.74, 6) is 0.187. The van der Waals surface area contributed by atoms with Crippen molar-refractivity contribution in [3.63, 3.8) is 0 Å². The summed E-state index contributed by atoms with van der Waals surface area (Å²) in [6.07, 6.45) is 6.15. The monoisotopic (exact) mass is 260 g/mol. The maximum absolute atomic E-state index is 12.1. The van der Waals surface area contributed by atoms with Crippen molar-refractivity contribution in [3.8, 4) is 0 Å². The molecule has 1 aliphatic rings. The Hall–Kier alpha value is -1.51. The van der Waals surface area contributed by atoms with Crippen LogP contribution in [0.1, 0.15) is 37.7 Å². The zero-order valence-electron chi connectivity index (χ0n) is 12.0. The van der Waals surface area contributed by atoms with Gasteiger partial charge in [-0.15, -0.1) is 0 Å². The number of hydrogen-bond acceptors (Lipinski definition) is 2. The summed E-state index contributed by atoms with van der Waals surface area (Å²) in [6, 6.07) is 8.59. The van der Waals surface area contributed by atoms with Gasteiger partial charge in [0.05, 0.1) is 6.54 Å². The van der Waals surface area contributed by atoms with Crippen LogP contribution in [0.5, 0.6) is 0 Å². The highest BCUT2D eigenvalue weighted by Crippen LogP contribution is 2.21. The Morgan fingerprint density at radius 3 is 2.47 bits per heavy atom. The Balaban J connectivity index is 1.81. The van der Waals surface area contributed by atoms with Gasteiger partial charge in [0.15, 0.2) is 0 Å². The van der Waals surface area contributed by atoms with Crippen molar-refractivity contribution >= 4 is 11.6 Å². The van der Waals surface area contributed by atoms with Crippen LogP contribution in [0.25, 0.3) is 0 Å². The summed E-state index contributed by atoms with van der Waals surface area (Å²) in [4.78, 5) is 14.1. The van der Waals surface area contributed by atoms with Crippen LogP contribution < -0.4 is 5.32 Å². The summed E-state index contributed by atoms with van der Waals surface area (Å²) in [5.41, 5.74) is 2.24. The number of nitrogens with one attached hydrogen (secondary N) is 1. The second kappa shape index (κ2) is 6.60. The van der Waals surface area contributed by atoms with Gasteiger partial charge in [0.25, 0.3) is 0 Å². The quantitative estimate of drug-likeness (QED) is 0.901. The number of aryl methyl sites for hydroxylation is 1. The van der Waals surface area contributed by atoms with Crippen LogP contribution in [0.4, 0.5) is 5.69 Å². The van der Waals surface area contributed by atoms with E-state index in [0.717, 1.165) is 18.5 Å². The number of carbonyl (C=O) groups excluding carboxylic acids is 1. The second-order valence-electron chi connectivity index (χ2n) is 5.52. The van der Waals surface area contributed by atoms with E-state index in [9.17, 15) is 4.79 Å². The molecule has 0 radical (unpaired) electrons. The van der Waals surface area contributed by atoms with Crippen molar-refractivity contribution in [1.82, 2.24) is 4.90 Å². The molecule has 0 saturated heterocycles. The van der Waals surface area contributed by atoms with Gasteiger partial charge in [-0.1, -0.05) is 37.0 Å². The Kier molecular flexibility index (Phi) is 4.83. The zero-order chi connectivity index (χ0) is 13.7. The van der Waals surface area contributed by atoms with Crippen molar-refractivity contribution in [3.05, 3.63) is 29.8 Å². The number of likely N-dealkylation sites (N-methyl/N-ethyl adjacent to an activating group) is 1. The highest BCUT2D eigenvalue weighted by molar-refractivity contribution is 5.80. The molecule has 3 heteroatoms. The molecule has 1 aromatic rings. The molecule has 0 atom stereocenters. The van der Waals surface area contributed by atoms with Gasteiger partial charge in [0, 0.05) is 18.8 Å². The van der Waals surface area contributed by atoms with E-state index in [-0.39, 0.29) is 5.91 Å². The van der Waals surface area contributed by atoms with Crippen LogP contribution in [-0.2, 0) is 4.79 Å². The molecule has 1 amide bonds. The number of benzene rings is 1. The van der Waals surface area contributed by atoms with Gasteiger partial charge in [-0.2, -0.15) is 0 Å². The molecule has 0 bridgehead atoms. The first-order valence-electron chi connectivity index (χ1n) is 7.23. The molecule has 0 spiro atoms. The minimum absolute atomic E-state index is 0.187. The first-order chi connectivity index (χ1) is 9.16. The minimum atomic E-state index is 0.187. The Bertz CT molecular complexity index is 407. The molecule has 0 unspecified atom stereocenters. The fraction of sp³-hybridized carbons (Fsp3) is 0.562. The van der Waals surface area contributed by atoms with Gasteiger partial charge < -0.3 is 10.2 Å². The molecular formula is C16H24N2O. The number of anilines is 1. The van der Waals surface area contributed by atoms with Gasteiger partial charge in [0.1, 0.15) is 0 Å². The fourth-order valence-electron chi connectivity index (χ4n) is 2.65. The molecule has 19 heavy (non-hydrogen) atoms. The smallest absolute Gasteiger partial charge is 0.241 e. The van der Waals surface area contributed by atoms with E-state index in [2.05, 4.69) is 24.4 Å². The van der Waals surface area contributed by atoms with Crippen LogP contribution in [0.15, 0.2) is 24.3 Å². The lowest BCUT2D eigenvalue weighted by Crippen LogP contribution is -2.41. The molecule has 104 valence electrons. The third-order valence-corrected chi connectivity index (χ3v) is 4.01. The van der Waals surface area contributed by atoms with Crippen LogP contribution >= 0.6 is 0 Å². The zero-order valence-corrected chi connectivity index (χ0v) is 12.0. The van der Waals surface area contributed by atoms with E-state index in [1.165, 1.54) is 24.8 Å². The topological polar surface area (TPSA) is 32.3 Å². The van der Waals surface area contributed by atoms with Crippen molar-refractivity contribution in [2.45, 2.75) is 45.1 Å². The lowest BCUT2D eigenvalue weighted by atomic mass is 9.94. The average Bonchev–Trinajstić information content (AvgIpc) is 2.46. The average molecular weight is 260 g/mol. The normalized spacial score (nSPS) is 16.1. The molecule has 0 aliphatic heterocycles. The van der Waals surface area contributed by atoms with Gasteiger partial charge in [-0.05, 0) is 31.9 Å². The van der Waals surface area contributed by atoms with Crippen LogP contribution in [0.2, 0.25) is 0 Å². The van der Waals surface area contributed by atoms with Crippen LogP contribution in [-0.4, -0.2) is 30.4 Å². The molecule has 1 saturated carbocycles. The number of hydrogen-bond donors (Lipinski definition) is 1. The van der Waals surface area contributed by atoms with Gasteiger partial charge in [-0.3, -0.25) is 4.79 Å². The van der Waals surface area contributed by atoms with Crippen LogP contribution in [0.3, 0.4) is 0 Å². The summed E-state index contributed by atoms with van der Waals surface area (Å²) >= 11 is 0. The fourth-order valence-corrected chi connectivity index (χ4v) is 2.65. The number of nitrogens with zero attached hydrogens (tertiary/aromatic N) is 1. The number of amides is 1. The van der Waals surface area contributed by atoms with E-state index >= 15 is 0 Å². The summed E-state index contributed by atoms with van der Waals surface area (Å²) in [7, 11) is 1.94.